The Kier molecular flexibility index (Phi) is 6.00. The molecule has 9 nitrogen and oxygen atoms in total. The molecule has 0 atom stereocenters. The standard InChI is InChI=1S/C21H22N6O3/c1-2-14-11-15(6-7-17(14)30-12-16-5-3-4-8-22-16)25-19-18-20(24-13-23-19)26-27-21(18)29-10-9-28/h3-8,11,13,28H,2,9-10,12H2,1H3,(H2,23,24,25,26,27). The number of nitrogens with zero attached hydrogens (tertiary/aromatic N) is 4. The monoisotopic (exact) mass is 406 g/mol. The lowest BCUT2D eigenvalue weighted by Gasteiger charge is -2.13. The number of pyridine rings is 1. The van der Waals surface area contributed by atoms with Gasteiger partial charge in [0.15, 0.2) is 5.65 Å². The molecule has 3 heterocycles. The summed E-state index contributed by atoms with van der Waals surface area (Å²) in [5, 5.41) is 19.9. The second-order valence-electron chi connectivity index (χ2n) is 6.46. The van der Waals surface area contributed by atoms with Crippen LogP contribution in [0.1, 0.15) is 18.2 Å². The molecular formula is C21H22N6O3. The number of nitrogens with one attached hydrogen (secondary N) is 2. The Morgan fingerprint density at radius 1 is 1.10 bits per heavy atom. The number of aliphatic hydroxyl groups is 1. The number of hydrogen-bond acceptors (Lipinski definition) is 8. The Bertz CT molecular complexity index is 1120. The summed E-state index contributed by atoms with van der Waals surface area (Å²) < 4.78 is 11.5. The number of aryl methyl sites for hydroxylation is 1. The summed E-state index contributed by atoms with van der Waals surface area (Å²) in [7, 11) is 0. The Hall–Kier alpha value is -3.72. The molecule has 1 aromatic carbocycles. The lowest BCUT2D eigenvalue weighted by molar-refractivity contribution is 0.198. The van der Waals surface area contributed by atoms with Gasteiger partial charge < -0.3 is 19.9 Å². The number of benzene rings is 1. The van der Waals surface area contributed by atoms with Crippen LogP contribution in [0.25, 0.3) is 11.0 Å². The van der Waals surface area contributed by atoms with Gasteiger partial charge in [-0.15, -0.1) is 5.10 Å². The molecule has 9 heteroatoms. The number of fused-ring (bicyclic) bond motifs is 1. The van der Waals surface area contributed by atoms with Gasteiger partial charge in [-0.25, -0.2) is 9.97 Å². The van der Waals surface area contributed by atoms with Crippen LogP contribution >= 0.6 is 0 Å². The van der Waals surface area contributed by atoms with Crippen LogP contribution in [0.3, 0.4) is 0 Å². The predicted octanol–water partition coefficient (Wildman–Crippen LogP) is 3.00. The third-order valence-electron chi connectivity index (χ3n) is 4.46. The largest absolute Gasteiger partial charge is 0.487 e. The Morgan fingerprint density at radius 2 is 2.03 bits per heavy atom. The van der Waals surface area contributed by atoms with Gasteiger partial charge in [-0.3, -0.25) is 10.1 Å². The van der Waals surface area contributed by atoms with Crippen LogP contribution in [0.2, 0.25) is 0 Å². The summed E-state index contributed by atoms with van der Waals surface area (Å²) in [6, 6.07) is 11.6. The van der Waals surface area contributed by atoms with Crippen molar-refractivity contribution in [3.05, 3.63) is 60.2 Å². The first-order valence-corrected chi connectivity index (χ1v) is 9.64. The lowest BCUT2D eigenvalue weighted by atomic mass is 10.1. The molecule has 0 saturated heterocycles. The molecule has 0 bridgehead atoms. The van der Waals surface area contributed by atoms with E-state index in [2.05, 4.69) is 37.4 Å². The summed E-state index contributed by atoms with van der Waals surface area (Å²) in [5.41, 5.74) is 3.34. The van der Waals surface area contributed by atoms with E-state index in [1.54, 1.807) is 6.20 Å². The van der Waals surface area contributed by atoms with Crippen molar-refractivity contribution in [1.82, 2.24) is 25.1 Å². The van der Waals surface area contributed by atoms with Crippen molar-refractivity contribution < 1.29 is 14.6 Å². The van der Waals surface area contributed by atoms with Gasteiger partial charge in [-0.05, 0) is 42.3 Å². The molecule has 0 radical (unpaired) electrons. The van der Waals surface area contributed by atoms with Gasteiger partial charge in [-0.2, -0.15) is 0 Å². The van der Waals surface area contributed by atoms with E-state index in [-0.39, 0.29) is 13.2 Å². The first-order chi connectivity index (χ1) is 14.8. The van der Waals surface area contributed by atoms with Crippen molar-refractivity contribution in [2.75, 3.05) is 18.5 Å². The number of hydrogen-bond donors (Lipinski definition) is 3. The fraction of sp³-hybridized carbons (Fsp3) is 0.238. The van der Waals surface area contributed by atoms with Crippen LogP contribution in [-0.2, 0) is 13.0 Å². The van der Waals surface area contributed by atoms with Crippen molar-refractivity contribution in [3.8, 4) is 11.6 Å². The fourth-order valence-electron chi connectivity index (χ4n) is 3.02. The smallest absolute Gasteiger partial charge is 0.246 e. The number of H-pyrrole nitrogens is 1. The first kappa shape index (κ1) is 19.6. The molecule has 0 aliphatic rings. The van der Waals surface area contributed by atoms with Gasteiger partial charge >= 0.3 is 0 Å². The number of aliphatic hydroxyl groups excluding tert-OH is 1. The Morgan fingerprint density at radius 3 is 2.83 bits per heavy atom. The fourth-order valence-corrected chi connectivity index (χ4v) is 3.02. The maximum absolute atomic E-state index is 9.02. The molecule has 0 fully saturated rings. The molecule has 3 N–H and O–H groups in total. The highest BCUT2D eigenvalue weighted by Gasteiger charge is 2.15. The molecule has 0 aliphatic carbocycles. The molecule has 0 unspecified atom stereocenters. The van der Waals surface area contributed by atoms with E-state index in [0.29, 0.717) is 29.3 Å². The van der Waals surface area contributed by atoms with E-state index in [1.165, 1.54) is 6.33 Å². The van der Waals surface area contributed by atoms with Crippen molar-refractivity contribution >= 4 is 22.5 Å². The molecule has 0 aliphatic heterocycles. The van der Waals surface area contributed by atoms with Crippen LogP contribution in [-0.4, -0.2) is 43.5 Å². The van der Waals surface area contributed by atoms with Crippen LogP contribution in [0.15, 0.2) is 48.9 Å². The Labute approximate surface area is 173 Å². The normalized spacial score (nSPS) is 10.9. The van der Waals surface area contributed by atoms with Crippen molar-refractivity contribution in [3.63, 3.8) is 0 Å². The van der Waals surface area contributed by atoms with E-state index in [9.17, 15) is 0 Å². The van der Waals surface area contributed by atoms with Gasteiger partial charge in [0, 0.05) is 11.9 Å². The van der Waals surface area contributed by atoms with Crippen LogP contribution in [0.5, 0.6) is 11.6 Å². The predicted molar refractivity (Wildman–Crippen MR) is 112 cm³/mol. The number of rotatable bonds is 9. The van der Waals surface area contributed by atoms with Gasteiger partial charge in [0.2, 0.25) is 5.88 Å². The third kappa shape index (κ3) is 4.31. The van der Waals surface area contributed by atoms with E-state index in [1.807, 2.05) is 36.4 Å². The molecule has 0 saturated carbocycles. The molecule has 0 spiro atoms. The lowest BCUT2D eigenvalue weighted by Crippen LogP contribution is -2.03. The van der Waals surface area contributed by atoms with Crippen molar-refractivity contribution in [2.45, 2.75) is 20.0 Å². The SMILES string of the molecule is CCc1cc(Nc2ncnc3[nH]nc(OCCO)c23)ccc1OCc1ccccn1. The summed E-state index contributed by atoms with van der Waals surface area (Å²) in [6.45, 7) is 2.52. The molecule has 3 aromatic heterocycles. The maximum Gasteiger partial charge on any atom is 0.246 e. The molecule has 154 valence electrons. The quantitative estimate of drug-likeness (QED) is 0.388. The number of aromatic amines is 1. The zero-order valence-electron chi connectivity index (χ0n) is 16.5. The third-order valence-corrected chi connectivity index (χ3v) is 4.46. The van der Waals surface area contributed by atoms with Crippen LogP contribution in [0, 0.1) is 0 Å². The van der Waals surface area contributed by atoms with Crippen molar-refractivity contribution in [2.24, 2.45) is 0 Å². The minimum atomic E-state index is -0.107. The number of aromatic nitrogens is 5. The summed E-state index contributed by atoms with van der Waals surface area (Å²) in [5.74, 6) is 1.72. The summed E-state index contributed by atoms with van der Waals surface area (Å²) >= 11 is 0. The highest BCUT2D eigenvalue weighted by Crippen LogP contribution is 2.31. The zero-order valence-corrected chi connectivity index (χ0v) is 16.5. The van der Waals surface area contributed by atoms with Crippen LogP contribution < -0.4 is 14.8 Å². The van der Waals surface area contributed by atoms with Gasteiger partial charge in [-0.1, -0.05) is 13.0 Å². The van der Waals surface area contributed by atoms with Crippen LogP contribution in [0.4, 0.5) is 11.5 Å². The second-order valence-corrected chi connectivity index (χ2v) is 6.46. The first-order valence-electron chi connectivity index (χ1n) is 9.64. The summed E-state index contributed by atoms with van der Waals surface area (Å²) in [4.78, 5) is 12.8. The molecule has 0 amide bonds. The minimum absolute atomic E-state index is 0.107. The highest BCUT2D eigenvalue weighted by atomic mass is 16.5. The molecule has 30 heavy (non-hydrogen) atoms. The van der Waals surface area contributed by atoms with Gasteiger partial charge in [0.1, 0.15) is 36.5 Å². The van der Waals surface area contributed by atoms with E-state index >= 15 is 0 Å². The second kappa shape index (κ2) is 9.19. The zero-order chi connectivity index (χ0) is 20.8. The average Bonchev–Trinajstić information content (AvgIpc) is 3.21. The minimum Gasteiger partial charge on any atom is -0.487 e. The molecular weight excluding hydrogens is 384 g/mol. The van der Waals surface area contributed by atoms with Gasteiger partial charge in [0.25, 0.3) is 0 Å². The highest BCUT2D eigenvalue weighted by molar-refractivity contribution is 5.92. The molecule has 4 rings (SSSR count). The maximum atomic E-state index is 9.02. The van der Waals surface area contributed by atoms with E-state index < -0.39 is 0 Å². The van der Waals surface area contributed by atoms with Gasteiger partial charge in [0.05, 0.1) is 12.3 Å². The van der Waals surface area contributed by atoms with E-state index in [0.717, 1.165) is 29.1 Å². The average molecular weight is 406 g/mol. The topological polar surface area (TPSA) is 118 Å². The Balaban J connectivity index is 1.56. The van der Waals surface area contributed by atoms with Crippen molar-refractivity contribution in [1.29, 1.82) is 0 Å². The van der Waals surface area contributed by atoms with E-state index in [4.69, 9.17) is 14.6 Å². The summed E-state index contributed by atoms with van der Waals surface area (Å²) in [6.07, 6.45) is 4.01. The number of anilines is 2. The number of ether oxygens (including phenoxy) is 2. The molecule has 4 aromatic rings.